The summed E-state index contributed by atoms with van der Waals surface area (Å²) in [5.74, 6) is 0. The van der Waals surface area contributed by atoms with Crippen LogP contribution in [-0.4, -0.2) is 26.0 Å². The van der Waals surface area contributed by atoms with Crippen LogP contribution in [0.3, 0.4) is 0 Å². The fourth-order valence-electron chi connectivity index (χ4n) is 4.59. The van der Waals surface area contributed by atoms with E-state index in [2.05, 4.69) is 19.6 Å². The van der Waals surface area contributed by atoms with Crippen LogP contribution in [0.4, 0.5) is 10.5 Å². The highest BCUT2D eigenvalue weighted by atomic mass is 35.5. The van der Waals surface area contributed by atoms with E-state index in [0.29, 0.717) is 17.8 Å². The number of rotatable bonds is 19. The summed E-state index contributed by atoms with van der Waals surface area (Å²) in [4.78, 5) is 26.0. The molecule has 0 aliphatic rings. The lowest BCUT2D eigenvalue weighted by molar-refractivity contribution is 0.108. The fraction of sp³-hybridized carbons (Fsp3) is 0.562. The quantitative estimate of drug-likeness (QED) is 0.0980. The zero-order chi connectivity index (χ0) is 27.6. The zero-order valence-corrected chi connectivity index (χ0v) is 25.6. The molecule has 38 heavy (non-hydrogen) atoms. The first-order valence-corrected chi connectivity index (χ1v) is 18.6. The molecule has 0 radical (unpaired) electrons. The number of hydrogen-bond donors (Lipinski definition) is 0. The van der Waals surface area contributed by atoms with Gasteiger partial charge in [0.05, 0.1) is 0 Å². The van der Waals surface area contributed by atoms with E-state index in [1.807, 2.05) is 30.3 Å². The Morgan fingerprint density at radius 3 is 1.71 bits per heavy atom. The van der Waals surface area contributed by atoms with E-state index in [1.165, 1.54) is 70.3 Å². The minimum absolute atomic E-state index is 0.229. The third-order valence-electron chi connectivity index (χ3n) is 6.89. The predicted molar refractivity (Wildman–Crippen MR) is 164 cm³/mol. The molecule has 4 nitrogen and oxygen atoms in total. The first kappa shape index (κ1) is 32.1. The van der Waals surface area contributed by atoms with Crippen molar-refractivity contribution < 1.29 is 14.3 Å². The maximum atomic E-state index is 12.9. The summed E-state index contributed by atoms with van der Waals surface area (Å²) in [5.41, 5.74) is 2.08. The molecule has 2 rings (SSSR count). The molecule has 0 saturated carbocycles. The van der Waals surface area contributed by atoms with Gasteiger partial charge in [-0.2, -0.15) is 0 Å². The van der Waals surface area contributed by atoms with Gasteiger partial charge in [0.15, 0.2) is 0 Å². The van der Waals surface area contributed by atoms with Gasteiger partial charge in [0, 0.05) is 25.9 Å². The van der Waals surface area contributed by atoms with Crippen LogP contribution >= 0.6 is 11.6 Å². The molecule has 0 N–H and O–H groups in total. The maximum absolute atomic E-state index is 12.9. The number of nitrogens with zero attached hydrogens (tertiary/aromatic N) is 1. The number of carbonyl (C=O) groups is 2. The molecule has 1 amide bonds. The molecular formula is C32H48ClNO3Si. The summed E-state index contributed by atoms with van der Waals surface area (Å²) >= 11 is 5.58. The highest BCUT2D eigenvalue weighted by Crippen LogP contribution is 2.20. The van der Waals surface area contributed by atoms with Crippen LogP contribution in [0, 0.1) is 0 Å². The van der Waals surface area contributed by atoms with Crippen LogP contribution in [0.1, 0.15) is 93.0 Å². The molecule has 0 spiro atoms. The third-order valence-corrected chi connectivity index (χ3v) is 8.96. The smallest absolute Gasteiger partial charge is 0.414 e. The van der Waals surface area contributed by atoms with Crippen molar-refractivity contribution in [3.63, 3.8) is 0 Å². The summed E-state index contributed by atoms with van der Waals surface area (Å²) < 4.78 is 5.60. The van der Waals surface area contributed by atoms with Gasteiger partial charge < -0.3 is 4.74 Å². The van der Waals surface area contributed by atoms with E-state index in [4.69, 9.17) is 16.3 Å². The number of benzene rings is 2. The van der Waals surface area contributed by atoms with E-state index >= 15 is 0 Å². The van der Waals surface area contributed by atoms with Gasteiger partial charge in [0.2, 0.25) is 0 Å². The average Bonchev–Trinajstić information content (AvgIpc) is 2.89. The van der Waals surface area contributed by atoms with Crippen molar-refractivity contribution in [1.29, 1.82) is 0 Å². The summed E-state index contributed by atoms with van der Waals surface area (Å²) in [7, 11) is -0.851. The first-order valence-electron chi connectivity index (χ1n) is 14.5. The minimum Gasteiger partial charge on any atom is -0.444 e. The van der Waals surface area contributed by atoms with Crippen LogP contribution in [0.2, 0.25) is 25.7 Å². The number of anilines is 1. The van der Waals surface area contributed by atoms with Gasteiger partial charge in [-0.05, 0) is 47.9 Å². The molecule has 0 aromatic heterocycles. The summed E-state index contributed by atoms with van der Waals surface area (Å²) in [6, 6.07) is 18.0. The highest BCUT2D eigenvalue weighted by molar-refractivity contribution is 6.76. The topological polar surface area (TPSA) is 46.6 Å². The second-order valence-corrected chi connectivity index (χ2v) is 17.5. The fourth-order valence-corrected chi connectivity index (χ4v) is 6.03. The number of ether oxygens (including phenoxy) is 1. The summed E-state index contributed by atoms with van der Waals surface area (Å²) in [6.07, 6.45) is 15.0. The molecule has 0 heterocycles. The number of unbranched alkanes of at least 4 members (excludes halogenated alkanes) is 11. The largest absolute Gasteiger partial charge is 0.444 e. The van der Waals surface area contributed by atoms with Crippen LogP contribution in [-0.2, 0) is 11.3 Å². The van der Waals surface area contributed by atoms with Crippen molar-refractivity contribution >= 4 is 36.7 Å². The van der Waals surface area contributed by atoms with Crippen molar-refractivity contribution in [1.82, 2.24) is 0 Å². The molecule has 2 aromatic rings. The van der Waals surface area contributed by atoms with Crippen LogP contribution < -0.4 is 4.90 Å². The lowest BCUT2D eigenvalue weighted by Gasteiger charge is -2.22. The van der Waals surface area contributed by atoms with Crippen LogP contribution in [0.5, 0.6) is 0 Å². The molecule has 0 aliphatic heterocycles. The van der Waals surface area contributed by atoms with Gasteiger partial charge in [-0.15, -0.1) is 0 Å². The number of hydrogen-bond acceptors (Lipinski definition) is 3. The zero-order valence-electron chi connectivity index (χ0n) is 23.9. The molecule has 0 atom stereocenters. The van der Waals surface area contributed by atoms with E-state index in [-0.39, 0.29) is 12.7 Å². The molecule has 0 bridgehead atoms. The third kappa shape index (κ3) is 14.2. The van der Waals surface area contributed by atoms with E-state index in [0.717, 1.165) is 18.4 Å². The number of amides is 1. The normalized spacial score (nSPS) is 11.4. The highest BCUT2D eigenvalue weighted by Gasteiger charge is 2.18. The number of carbonyl (C=O) groups excluding carboxylic acids is 2. The Hall–Kier alpha value is -2.11. The predicted octanol–water partition coefficient (Wildman–Crippen LogP) is 10.2. The summed E-state index contributed by atoms with van der Waals surface area (Å²) in [5, 5.41) is -0.507. The Morgan fingerprint density at radius 1 is 0.711 bits per heavy atom. The molecule has 6 heteroatoms. The molecule has 0 aliphatic carbocycles. The van der Waals surface area contributed by atoms with Crippen LogP contribution in [0.15, 0.2) is 54.6 Å². The van der Waals surface area contributed by atoms with Gasteiger partial charge in [0.25, 0.3) is 5.24 Å². The molecule has 0 fully saturated rings. The Morgan fingerprint density at radius 2 is 1.21 bits per heavy atom. The number of halogens is 1. The second-order valence-electron chi connectivity index (χ2n) is 11.6. The van der Waals surface area contributed by atoms with Crippen molar-refractivity contribution in [3.05, 3.63) is 65.7 Å². The van der Waals surface area contributed by atoms with E-state index in [1.54, 1.807) is 29.2 Å². The van der Waals surface area contributed by atoms with E-state index in [9.17, 15) is 9.59 Å². The van der Waals surface area contributed by atoms with E-state index < -0.39 is 13.3 Å². The molecule has 0 saturated heterocycles. The van der Waals surface area contributed by atoms with Gasteiger partial charge in [-0.25, -0.2) is 4.79 Å². The monoisotopic (exact) mass is 557 g/mol. The minimum atomic E-state index is -0.851. The maximum Gasteiger partial charge on any atom is 0.414 e. The van der Waals surface area contributed by atoms with Crippen molar-refractivity contribution in [2.75, 3.05) is 11.4 Å². The molecular weight excluding hydrogens is 510 g/mol. The second kappa shape index (κ2) is 18.2. The summed E-state index contributed by atoms with van der Waals surface area (Å²) in [6.45, 7) is 8.21. The Kier molecular flexibility index (Phi) is 15.4. The van der Waals surface area contributed by atoms with Gasteiger partial charge in [0.1, 0.15) is 6.61 Å². The van der Waals surface area contributed by atoms with Crippen molar-refractivity contribution in [3.8, 4) is 0 Å². The lowest BCUT2D eigenvalue weighted by Crippen LogP contribution is -2.32. The Bertz CT molecular complexity index is 928. The van der Waals surface area contributed by atoms with Crippen LogP contribution in [0.25, 0.3) is 0 Å². The molecule has 2 aromatic carbocycles. The molecule has 0 unspecified atom stereocenters. The van der Waals surface area contributed by atoms with Gasteiger partial charge in [-0.1, -0.05) is 127 Å². The standard InChI is InChI=1S/C32H48ClNO3Si/c1-38(2,3)26-18-13-11-9-7-5-4-6-8-10-12-17-25-34(30-23-21-29(22-24-30)31(33)35)32(36)37-27-28-19-15-14-16-20-28/h14-16,19-24H,4-13,17-18,25-27H2,1-3H3. The van der Waals surface area contributed by atoms with Gasteiger partial charge in [-0.3, -0.25) is 9.69 Å². The first-order chi connectivity index (χ1) is 18.3. The van der Waals surface area contributed by atoms with Gasteiger partial charge >= 0.3 is 6.09 Å². The SMILES string of the molecule is C[Si](C)(C)CCCCCCCCCCCCCCN(C(=O)OCc1ccccc1)c1ccc(C(=O)Cl)cc1. The van der Waals surface area contributed by atoms with Crippen molar-refractivity contribution in [2.24, 2.45) is 0 Å². The Balaban J connectivity index is 1.65. The lowest BCUT2D eigenvalue weighted by atomic mass is 10.1. The molecule has 210 valence electrons. The Labute approximate surface area is 237 Å². The van der Waals surface area contributed by atoms with Crippen molar-refractivity contribution in [2.45, 2.75) is 109 Å². The average molecular weight is 558 g/mol.